The zero-order valence-corrected chi connectivity index (χ0v) is 15.2. The van der Waals surface area contributed by atoms with Crippen molar-refractivity contribution in [3.63, 3.8) is 0 Å². The van der Waals surface area contributed by atoms with Crippen molar-refractivity contribution >= 4 is 11.4 Å². The molecule has 0 bridgehead atoms. The Morgan fingerprint density at radius 2 is 1.11 bits per heavy atom. The number of nitrogens with one attached hydrogen (secondary N) is 2. The van der Waals surface area contributed by atoms with E-state index in [-0.39, 0.29) is 0 Å². The molecule has 0 aliphatic rings. The maximum Gasteiger partial charge on any atom is 0.416 e. The Labute approximate surface area is 159 Å². The summed E-state index contributed by atoms with van der Waals surface area (Å²) < 4.78 is 76.1. The molecule has 0 saturated heterocycles. The molecule has 3 nitrogen and oxygen atoms in total. The van der Waals surface area contributed by atoms with E-state index in [1.54, 1.807) is 12.1 Å². The molecule has 0 radical (unpaired) electrons. The molecule has 0 fully saturated rings. The number of anilines is 2. The molecule has 0 aliphatic carbocycles. The largest absolute Gasteiger partial charge is 0.416 e. The highest BCUT2D eigenvalue weighted by molar-refractivity contribution is 5.47. The average molecular weight is 405 g/mol. The van der Waals surface area contributed by atoms with E-state index in [1.807, 2.05) is 11.9 Å². The van der Waals surface area contributed by atoms with Crippen LogP contribution in [0.4, 0.5) is 37.7 Å². The van der Waals surface area contributed by atoms with Crippen molar-refractivity contribution < 1.29 is 26.3 Å². The Kier molecular flexibility index (Phi) is 7.17. The van der Waals surface area contributed by atoms with Gasteiger partial charge in [0.25, 0.3) is 0 Å². The van der Waals surface area contributed by atoms with E-state index in [0.717, 1.165) is 24.3 Å². The van der Waals surface area contributed by atoms with Gasteiger partial charge >= 0.3 is 12.4 Å². The normalized spacial score (nSPS) is 12.3. The van der Waals surface area contributed by atoms with E-state index < -0.39 is 23.5 Å². The van der Waals surface area contributed by atoms with Crippen molar-refractivity contribution in [2.75, 3.05) is 43.9 Å². The molecule has 9 heteroatoms. The third-order valence-electron chi connectivity index (χ3n) is 4.03. The van der Waals surface area contributed by atoms with Crippen LogP contribution < -0.4 is 10.6 Å². The smallest absolute Gasteiger partial charge is 0.384 e. The number of likely N-dealkylation sites (N-methyl/N-ethyl adjacent to an activating group) is 1. The van der Waals surface area contributed by atoms with Crippen LogP contribution in [0.1, 0.15) is 11.1 Å². The summed E-state index contributed by atoms with van der Waals surface area (Å²) >= 11 is 0. The first kappa shape index (κ1) is 21.9. The summed E-state index contributed by atoms with van der Waals surface area (Å²) in [6.07, 6.45) is -8.77. The topological polar surface area (TPSA) is 27.3 Å². The minimum absolute atomic E-state index is 0.380. The molecule has 0 spiro atoms. The van der Waals surface area contributed by atoms with Crippen molar-refractivity contribution in [1.29, 1.82) is 0 Å². The molecule has 0 saturated carbocycles. The molecule has 154 valence electrons. The van der Waals surface area contributed by atoms with E-state index in [9.17, 15) is 26.3 Å². The molecule has 2 aromatic rings. The Hall–Kier alpha value is -2.42. The number of halogens is 6. The van der Waals surface area contributed by atoms with Crippen molar-refractivity contribution in [2.45, 2.75) is 12.4 Å². The van der Waals surface area contributed by atoms with Gasteiger partial charge in [-0.25, -0.2) is 0 Å². The van der Waals surface area contributed by atoms with Crippen LogP contribution in [0, 0.1) is 0 Å². The molecule has 0 atom stereocenters. The van der Waals surface area contributed by atoms with Gasteiger partial charge in [0.05, 0.1) is 11.1 Å². The molecule has 28 heavy (non-hydrogen) atoms. The van der Waals surface area contributed by atoms with Gasteiger partial charge in [0.15, 0.2) is 0 Å². The van der Waals surface area contributed by atoms with Crippen LogP contribution in [-0.4, -0.2) is 38.1 Å². The van der Waals surface area contributed by atoms with Crippen molar-refractivity contribution in [3.8, 4) is 0 Å². The predicted octanol–water partition coefficient (Wildman–Crippen LogP) is 5.18. The monoisotopic (exact) mass is 405 g/mol. The van der Waals surface area contributed by atoms with Crippen molar-refractivity contribution in [2.24, 2.45) is 0 Å². The molecule has 2 rings (SSSR count). The first-order chi connectivity index (χ1) is 13.1. The second-order valence-electron chi connectivity index (χ2n) is 6.31. The first-order valence-corrected chi connectivity index (χ1v) is 8.56. The van der Waals surface area contributed by atoms with Gasteiger partial charge < -0.3 is 15.5 Å². The van der Waals surface area contributed by atoms with Crippen LogP contribution in [0.5, 0.6) is 0 Å². The third kappa shape index (κ3) is 6.95. The van der Waals surface area contributed by atoms with Crippen molar-refractivity contribution in [3.05, 3.63) is 59.7 Å². The Morgan fingerprint density at radius 3 is 1.46 bits per heavy atom. The number of rotatable bonds is 8. The predicted molar refractivity (Wildman–Crippen MR) is 97.4 cm³/mol. The maximum atomic E-state index is 12.7. The lowest BCUT2D eigenvalue weighted by molar-refractivity contribution is -0.138. The van der Waals surface area contributed by atoms with Gasteiger partial charge in [0.2, 0.25) is 0 Å². The fraction of sp³-hybridized carbons (Fsp3) is 0.368. The second-order valence-corrected chi connectivity index (χ2v) is 6.31. The Balaban J connectivity index is 1.73. The molecule has 2 N–H and O–H groups in total. The highest BCUT2D eigenvalue weighted by Crippen LogP contribution is 2.31. The molecular formula is C19H21F6N3. The summed E-state index contributed by atoms with van der Waals surface area (Å²) in [5.41, 5.74) is -0.664. The number of nitrogens with zero attached hydrogens (tertiary/aromatic N) is 1. The molecule has 0 amide bonds. The summed E-state index contributed by atoms with van der Waals surface area (Å²) in [6, 6.07) is 9.93. The minimum atomic E-state index is -4.39. The van der Waals surface area contributed by atoms with Crippen LogP contribution >= 0.6 is 0 Å². The summed E-state index contributed by atoms with van der Waals surface area (Å²) in [7, 11) is 1.82. The SMILES string of the molecule is CN(CCNc1cccc(C(F)(F)F)c1)CCNc1cccc(C(F)(F)F)c1. The van der Waals surface area contributed by atoms with Crippen molar-refractivity contribution in [1.82, 2.24) is 4.90 Å². The van der Waals surface area contributed by atoms with Gasteiger partial charge in [-0.05, 0) is 43.4 Å². The first-order valence-electron chi connectivity index (χ1n) is 8.56. The van der Waals surface area contributed by atoms with Gasteiger partial charge in [-0.1, -0.05) is 12.1 Å². The van der Waals surface area contributed by atoms with Gasteiger partial charge in [-0.15, -0.1) is 0 Å². The molecular weight excluding hydrogens is 384 g/mol. The fourth-order valence-electron chi connectivity index (χ4n) is 2.50. The lowest BCUT2D eigenvalue weighted by Crippen LogP contribution is -2.29. The highest BCUT2D eigenvalue weighted by atomic mass is 19.4. The summed E-state index contributed by atoms with van der Waals surface area (Å²) in [4.78, 5) is 1.92. The quantitative estimate of drug-likeness (QED) is 0.593. The fourth-order valence-corrected chi connectivity index (χ4v) is 2.50. The van der Waals surface area contributed by atoms with Crippen LogP contribution in [-0.2, 0) is 12.4 Å². The second kappa shape index (κ2) is 9.18. The Bertz CT molecular complexity index is 694. The lowest BCUT2D eigenvalue weighted by atomic mass is 10.2. The van der Waals surface area contributed by atoms with Gasteiger partial charge in [-0.2, -0.15) is 26.3 Å². The van der Waals surface area contributed by atoms with Crippen LogP contribution in [0.2, 0.25) is 0 Å². The average Bonchev–Trinajstić information content (AvgIpc) is 2.61. The summed E-state index contributed by atoms with van der Waals surface area (Å²) in [5, 5.41) is 5.87. The van der Waals surface area contributed by atoms with E-state index in [4.69, 9.17) is 0 Å². The number of hydrogen-bond donors (Lipinski definition) is 2. The van der Waals surface area contributed by atoms with E-state index in [2.05, 4.69) is 10.6 Å². The van der Waals surface area contributed by atoms with Gasteiger partial charge in [0.1, 0.15) is 0 Å². The number of benzene rings is 2. The minimum Gasteiger partial charge on any atom is -0.384 e. The standard InChI is InChI=1S/C19H21F6N3/c1-28(10-8-26-16-6-2-4-14(12-16)18(20,21)22)11-9-27-17-7-3-5-15(13-17)19(23,24)25/h2-7,12-13,26-27H,8-11H2,1H3. The van der Waals surface area contributed by atoms with Crippen LogP contribution in [0.25, 0.3) is 0 Å². The van der Waals surface area contributed by atoms with E-state index >= 15 is 0 Å². The summed E-state index contributed by atoms with van der Waals surface area (Å²) in [5.74, 6) is 0. The zero-order valence-electron chi connectivity index (χ0n) is 15.2. The zero-order chi connectivity index (χ0) is 20.8. The van der Waals surface area contributed by atoms with Gasteiger partial charge in [-0.3, -0.25) is 0 Å². The van der Waals surface area contributed by atoms with E-state index in [1.165, 1.54) is 12.1 Å². The summed E-state index contributed by atoms with van der Waals surface area (Å²) in [6.45, 7) is 1.98. The van der Waals surface area contributed by atoms with E-state index in [0.29, 0.717) is 37.6 Å². The lowest BCUT2D eigenvalue weighted by Gasteiger charge is -2.18. The molecule has 0 unspecified atom stereocenters. The van der Waals surface area contributed by atoms with Gasteiger partial charge in [0, 0.05) is 37.6 Å². The Morgan fingerprint density at radius 1 is 0.714 bits per heavy atom. The maximum absolute atomic E-state index is 12.7. The molecule has 0 aromatic heterocycles. The highest BCUT2D eigenvalue weighted by Gasteiger charge is 2.31. The molecule has 2 aromatic carbocycles. The molecule has 0 heterocycles. The van der Waals surface area contributed by atoms with Crippen LogP contribution in [0.15, 0.2) is 48.5 Å². The number of hydrogen-bond acceptors (Lipinski definition) is 3. The van der Waals surface area contributed by atoms with Crippen LogP contribution in [0.3, 0.4) is 0 Å². The number of alkyl halides is 6. The molecule has 0 aliphatic heterocycles. The third-order valence-corrected chi connectivity index (χ3v) is 4.03.